The van der Waals surface area contributed by atoms with Crippen LogP contribution in [0.15, 0.2) is 54.6 Å². The normalized spacial score (nSPS) is 19.4. The van der Waals surface area contributed by atoms with E-state index < -0.39 is 11.8 Å². The lowest BCUT2D eigenvalue weighted by Gasteiger charge is -2.38. The quantitative estimate of drug-likeness (QED) is 0.608. The molecular weight excluding hydrogens is 424 g/mol. The van der Waals surface area contributed by atoms with Crippen LogP contribution in [-0.2, 0) is 14.4 Å². The van der Waals surface area contributed by atoms with Gasteiger partial charge >= 0.3 is 0 Å². The number of rotatable bonds is 5. The Morgan fingerprint density at radius 2 is 1.76 bits per heavy atom. The van der Waals surface area contributed by atoms with Crippen LogP contribution in [0.3, 0.4) is 0 Å². The van der Waals surface area contributed by atoms with E-state index in [0.717, 1.165) is 0 Å². The number of anilines is 3. The standard InChI is InChI=1S/C24H24N4O5/c1-14(29)25-20-11-10-17(33-2)13-21(20)26-22(30)15-6-5-7-16(12-15)28-24(32)19-9-4-3-8-18(19)23(31)27-28/h3-7,10-13,18-19H,8-9H2,1-2H3,(H,25,29)(H,26,30)(H,27,31). The lowest BCUT2D eigenvalue weighted by molar-refractivity contribution is -0.139. The molecule has 9 nitrogen and oxygen atoms in total. The maximum Gasteiger partial charge on any atom is 0.255 e. The second-order valence-corrected chi connectivity index (χ2v) is 7.90. The van der Waals surface area contributed by atoms with Crippen molar-refractivity contribution in [3.05, 3.63) is 60.2 Å². The van der Waals surface area contributed by atoms with Gasteiger partial charge in [-0.15, -0.1) is 0 Å². The van der Waals surface area contributed by atoms with Crippen LogP contribution in [0.5, 0.6) is 5.75 Å². The van der Waals surface area contributed by atoms with Gasteiger partial charge in [0.15, 0.2) is 0 Å². The Hall–Kier alpha value is -4.14. The Bertz CT molecular complexity index is 1160. The molecular formula is C24H24N4O5. The van der Waals surface area contributed by atoms with E-state index >= 15 is 0 Å². The molecule has 4 rings (SSSR count). The van der Waals surface area contributed by atoms with Crippen LogP contribution in [-0.4, -0.2) is 30.7 Å². The molecule has 0 bridgehead atoms. The molecule has 0 radical (unpaired) electrons. The third-order valence-electron chi connectivity index (χ3n) is 5.68. The van der Waals surface area contributed by atoms with Crippen molar-refractivity contribution in [3.63, 3.8) is 0 Å². The highest BCUT2D eigenvalue weighted by Gasteiger charge is 2.42. The van der Waals surface area contributed by atoms with E-state index in [1.165, 1.54) is 25.1 Å². The van der Waals surface area contributed by atoms with Gasteiger partial charge in [-0.05, 0) is 43.2 Å². The zero-order chi connectivity index (χ0) is 23.5. The van der Waals surface area contributed by atoms with Crippen molar-refractivity contribution >= 4 is 40.7 Å². The van der Waals surface area contributed by atoms with Crippen molar-refractivity contribution in [1.82, 2.24) is 5.43 Å². The summed E-state index contributed by atoms with van der Waals surface area (Å²) in [6.45, 7) is 1.37. The van der Waals surface area contributed by atoms with Gasteiger partial charge in [-0.3, -0.25) is 24.6 Å². The van der Waals surface area contributed by atoms with Crippen LogP contribution in [0.1, 0.15) is 30.1 Å². The first-order chi connectivity index (χ1) is 15.9. The summed E-state index contributed by atoms with van der Waals surface area (Å²) in [6, 6.07) is 11.3. The number of methoxy groups -OCH3 is 1. The summed E-state index contributed by atoms with van der Waals surface area (Å²) in [5.74, 6) is -1.44. The molecule has 2 atom stereocenters. The zero-order valence-electron chi connectivity index (χ0n) is 18.3. The predicted octanol–water partition coefficient (Wildman–Crippen LogP) is 2.87. The second-order valence-electron chi connectivity index (χ2n) is 7.90. The molecule has 0 spiro atoms. The Kier molecular flexibility index (Phi) is 6.12. The maximum atomic E-state index is 13.0. The maximum absolute atomic E-state index is 13.0. The number of hydrogen-bond donors (Lipinski definition) is 3. The average Bonchev–Trinajstić information content (AvgIpc) is 2.82. The number of amides is 4. The number of fused-ring (bicyclic) bond motifs is 1. The van der Waals surface area contributed by atoms with E-state index in [9.17, 15) is 19.2 Å². The van der Waals surface area contributed by atoms with E-state index in [4.69, 9.17) is 4.74 Å². The minimum Gasteiger partial charge on any atom is -0.497 e. The van der Waals surface area contributed by atoms with Gasteiger partial charge in [0.1, 0.15) is 5.75 Å². The summed E-state index contributed by atoms with van der Waals surface area (Å²) < 4.78 is 5.21. The third kappa shape index (κ3) is 4.57. The van der Waals surface area contributed by atoms with Crippen LogP contribution in [0.2, 0.25) is 0 Å². The molecule has 9 heteroatoms. The number of nitrogens with one attached hydrogen (secondary N) is 3. The number of carbonyl (C=O) groups is 4. The van der Waals surface area contributed by atoms with Crippen molar-refractivity contribution in [3.8, 4) is 5.75 Å². The summed E-state index contributed by atoms with van der Waals surface area (Å²) in [5.41, 5.74) is 4.10. The fourth-order valence-electron chi connectivity index (χ4n) is 4.02. The van der Waals surface area contributed by atoms with Crippen molar-refractivity contribution < 1.29 is 23.9 Å². The number of hydrogen-bond acceptors (Lipinski definition) is 5. The first-order valence-electron chi connectivity index (χ1n) is 10.5. The monoisotopic (exact) mass is 448 g/mol. The van der Waals surface area contributed by atoms with Crippen LogP contribution in [0, 0.1) is 11.8 Å². The third-order valence-corrected chi connectivity index (χ3v) is 5.68. The number of carbonyl (C=O) groups excluding carboxylic acids is 4. The lowest BCUT2D eigenvalue weighted by Crippen LogP contribution is -2.59. The minimum atomic E-state index is -0.453. The first kappa shape index (κ1) is 22.1. The van der Waals surface area contributed by atoms with Gasteiger partial charge in [-0.2, -0.15) is 0 Å². The molecule has 0 saturated carbocycles. The molecule has 1 fully saturated rings. The van der Waals surface area contributed by atoms with Gasteiger partial charge in [0.2, 0.25) is 17.7 Å². The molecule has 170 valence electrons. The summed E-state index contributed by atoms with van der Waals surface area (Å²) in [5, 5.41) is 6.65. The Morgan fingerprint density at radius 3 is 2.48 bits per heavy atom. The van der Waals surface area contributed by atoms with Crippen molar-refractivity contribution in [2.45, 2.75) is 19.8 Å². The molecule has 1 aliphatic carbocycles. The van der Waals surface area contributed by atoms with Gasteiger partial charge < -0.3 is 15.4 Å². The Balaban J connectivity index is 1.58. The van der Waals surface area contributed by atoms with Gasteiger partial charge in [0.25, 0.3) is 5.91 Å². The topological polar surface area (TPSA) is 117 Å². The number of benzene rings is 2. The number of hydrazine groups is 1. The van der Waals surface area contributed by atoms with Crippen molar-refractivity contribution in [2.75, 3.05) is 22.8 Å². The van der Waals surface area contributed by atoms with Crippen LogP contribution in [0.25, 0.3) is 0 Å². The molecule has 0 aromatic heterocycles. The van der Waals surface area contributed by atoms with Crippen LogP contribution >= 0.6 is 0 Å². The van der Waals surface area contributed by atoms with E-state index in [1.807, 2.05) is 12.2 Å². The largest absolute Gasteiger partial charge is 0.497 e. The predicted molar refractivity (Wildman–Crippen MR) is 123 cm³/mol. The minimum absolute atomic E-state index is 0.206. The molecule has 2 aliphatic rings. The highest BCUT2D eigenvalue weighted by atomic mass is 16.5. The van der Waals surface area contributed by atoms with Gasteiger partial charge in [0, 0.05) is 18.6 Å². The van der Waals surface area contributed by atoms with Gasteiger partial charge in [-0.25, -0.2) is 5.01 Å². The summed E-state index contributed by atoms with van der Waals surface area (Å²) >= 11 is 0. The number of nitrogens with zero attached hydrogens (tertiary/aromatic N) is 1. The van der Waals surface area contributed by atoms with E-state index in [1.54, 1.807) is 36.4 Å². The molecule has 2 unspecified atom stereocenters. The summed E-state index contributed by atoms with van der Waals surface area (Å²) in [6.07, 6.45) is 4.88. The Labute approximate surface area is 190 Å². The van der Waals surface area contributed by atoms with Crippen molar-refractivity contribution in [1.29, 1.82) is 0 Å². The number of allylic oxidation sites excluding steroid dienone is 2. The molecule has 1 saturated heterocycles. The molecule has 3 N–H and O–H groups in total. The van der Waals surface area contributed by atoms with Gasteiger partial charge in [-0.1, -0.05) is 18.2 Å². The Morgan fingerprint density at radius 1 is 1.00 bits per heavy atom. The smallest absolute Gasteiger partial charge is 0.255 e. The van der Waals surface area contributed by atoms with Crippen molar-refractivity contribution in [2.24, 2.45) is 11.8 Å². The zero-order valence-corrected chi connectivity index (χ0v) is 18.3. The summed E-state index contributed by atoms with van der Waals surface area (Å²) in [4.78, 5) is 50.1. The van der Waals surface area contributed by atoms with Crippen LogP contribution < -0.4 is 25.8 Å². The highest BCUT2D eigenvalue weighted by Crippen LogP contribution is 2.33. The van der Waals surface area contributed by atoms with Crippen LogP contribution in [0.4, 0.5) is 17.1 Å². The van der Waals surface area contributed by atoms with E-state index in [2.05, 4.69) is 16.1 Å². The second kappa shape index (κ2) is 9.15. The highest BCUT2D eigenvalue weighted by molar-refractivity contribution is 6.09. The summed E-state index contributed by atoms with van der Waals surface area (Å²) in [7, 11) is 1.50. The molecule has 1 heterocycles. The van der Waals surface area contributed by atoms with E-state index in [0.29, 0.717) is 35.7 Å². The molecule has 33 heavy (non-hydrogen) atoms. The number of ether oxygens (including phenoxy) is 1. The average molecular weight is 448 g/mol. The fourth-order valence-corrected chi connectivity index (χ4v) is 4.02. The molecule has 2 aromatic carbocycles. The first-order valence-corrected chi connectivity index (χ1v) is 10.5. The lowest BCUT2D eigenvalue weighted by atomic mass is 9.80. The molecule has 1 aliphatic heterocycles. The van der Waals surface area contributed by atoms with E-state index in [-0.39, 0.29) is 29.2 Å². The molecule has 2 aromatic rings. The SMILES string of the molecule is COc1ccc(NC(C)=O)c(NC(=O)c2cccc(N3NC(=O)C4CC=CCC4C3=O)c2)c1. The fraction of sp³-hybridized carbons (Fsp3) is 0.250. The van der Waals surface area contributed by atoms with Gasteiger partial charge in [0.05, 0.1) is 36.0 Å². The molecule has 4 amide bonds.